The molecule has 2 heterocycles. The molecule has 0 fully saturated rings. The minimum atomic E-state index is -0.182. The Morgan fingerprint density at radius 1 is 1.25 bits per heavy atom. The number of H-pyrrole nitrogens is 1. The highest BCUT2D eigenvalue weighted by Gasteiger charge is 2.17. The number of rotatable bonds is 3. The van der Waals surface area contributed by atoms with Crippen molar-refractivity contribution in [3.8, 4) is 0 Å². The van der Waals surface area contributed by atoms with Crippen molar-refractivity contribution >= 4 is 22.6 Å². The normalized spacial score (nSPS) is 11.0. The number of para-hydroxylation sites is 1. The van der Waals surface area contributed by atoms with Gasteiger partial charge >= 0.3 is 0 Å². The monoisotopic (exact) mass is 324 g/mol. The van der Waals surface area contributed by atoms with E-state index in [1.54, 1.807) is 11.7 Å². The van der Waals surface area contributed by atoms with E-state index in [4.69, 9.17) is 0 Å². The first kappa shape index (κ1) is 16.0. The number of fused-ring (bicyclic) bond motifs is 1. The first-order valence-electron chi connectivity index (χ1n) is 7.78. The molecule has 0 aliphatic rings. The van der Waals surface area contributed by atoms with Crippen LogP contribution in [0.3, 0.4) is 0 Å². The standard InChI is InChI=1S/C18H20N4O2/c1-10-7-5-6-8-14(10)20-15(23)9-13-11(2)16-17(19-12(13)3)22(4)21-18(16)24/h5-8H,9H2,1-4H3,(H,20,23)(H,21,24). The summed E-state index contributed by atoms with van der Waals surface area (Å²) in [5, 5.41) is 6.18. The molecule has 0 aliphatic carbocycles. The molecule has 6 nitrogen and oxygen atoms in total. The Balaban J connectivity index is 1.95. The zero-order valence-electron chi connectivity index (χ0n) is 14.2. The van der Waals surface area contributed by atoms with Gasteiger partial charge in [0.1, 0.15) is 0 Å². The number of nitrogens with zero attached hydrogens (tertiary/aromatic N) is 2. The van der Waals surface area contributed by atoms with E-state index in [-0.39, 0.29) is 17.9 Å². The highest BCUT2D eigenvalue weighted by molar-refractivity contribution is 5.94. The second kappa shape index (κ2) is 5.96. The molecule has 3 aromatic rings. The number of carbonyl (C=O) groups is 1. The fraction of sp³-hybridized carbons (Fsp3) is 0.278. The lowest BCUT2D eigenvalue weighted by Gasteiger charge is -2.12. The largest absolute Gasteiger partial charge is 0.326 e. The molecular formula is C18H20N4O2. The molecule has 0 saturated heterocycles. The molecule has 1 amide bonds. The maximum atomic E-state index is 12.4. The fourth-order valence-corrected chi connectivity index (χ4v) is 2.98. The van der Waals surface area contributed by atoms with Crippen LogP contribution in [0.2, 0.25) is 0 Å². The third kappa shape index (κ3) is 2.71. The Kier molecular flexibility index (Phi) is 3.97. The van der Waals surface area contributed by atoms with Crippen molar-refractivity contribution in [2.45, 2.75) is 27.2 Å². The summed E-state index contributed by atoms with van der Waals surface area (Å²) in [6, 6.07) is 7.63. The Labute approximate surface area is 139 Å². The van der Waals surface area contributed by atoms with Crippen molar-refractivity contribution in [1.29, 1.82) is 0 Å². The Morgan fingerprint density at radius 3 is 2.67 bits per heavy atom. The van der Waals surface area contributed by atoms with Crippen molar-refractivity contribution in [2.24, 2.45) is 7.05 Å². The van der Waals surface area contributed by atoms with Gasteiger partial charge in [0, 0.05) is 18.4 Å². The maximum absolute atomic E-state index is 12.4. The van der Waals surface area contributed by atoms with Crippen LogP contribution in [-0.4, -0.2) is 20.7 Å². The van der Waals surface area contributed by atoms with Crippen LogP contribution in [0.25, 0.3) is 11.0 Å². The molecule has 24 heavy (non-hydrogen) atoms. The molecule has 0 bridgehead atoms. The second-order valence-electron chi connectivity index (χ2n) is 6.04. The number of hydrogen-bond donors (Lipinski definition) is 2. The Morgan fingerprint density at radius 2 is 1.96 bits per heavy atom. The van der Waals surface area contributed by atoms with Crippen LogP contribution in [0.5, 0.6) is 0 Å². The summed E-state index contributed by atoms with van der Waals surface area (Å²) in [6.45, 7) is 5.67. The van der Waals surface area contributed by atoms with Gasteiger partial charge in [0.15, 0.2) is 5.65 Å². The van der Waals surface area contributed by atoms with Gasteiger partial charge in [0.05, 0.1) is 11.8 Å². The summed E-state index contributed by atoms with van der Waals surface area (Å²) >= 11 is 0. The molecule has 3 rings (SSSR count). The number of benzene rings is 1. The van der Waals surface area contributed by atoms with Gasteiger partial charge in [-0.15, -0.1) is 0 Å². The first-order valence-corrected chi connectivity index (χ1v) is 7.78. The smallest absolute Gasteiger partial charge is 0.273 e. The first-order chi connectivity index (χ1) is 11.4. The molecule has 124 valence electrons. The Hall–Kier alpha value is -2.89. The molecule has 2 aromatic heterocycles. The van der Waals surface area contributed by atoms with Gasteiger partial charge in [-0.05, 0) is 43.5 Å². The van der Waals surface area contributed by atoms with Crippen LogP contribution in [0.15, 0.2) is 29.1 Å². The van der Waals surface area contributed by atoms with E-state index in [0.29, 0.717) is 11.0 Å². The van der Waals surface area contributed by atoms with Crippen LogP contribution < -0.4 is 10.9 Å². The molecule has 0 spiro atoms. The average molecular weight is 324 g/mol. The quantitative estimate of drug-likeness (QED) is 0.776. The van der Waals surface area contributed by atoms with E-state index in [0.717, 1.165) is 28.1 Å². The van der Waals surface area contributed by atoms with Gasteiger partial charge in [-0.25, -0.2) is 4.98 Å². The lowest BCUT2D eigenvalue weighted by atomic mass is 10.0. The number of anilines is 1. The molecule has 0 radical (unpaired) electrons. The van der Waals surface area contributed by atoms with Crippen LogP contribution in [0.4, 0.5) is 5.69 Å². The van der Waals surface area contributed by atoms with Crippen LogP contribution in [-0.2, 0) is 18.3 Å². The molecule has 0 unspecified atom stereocenters. The van der Waals surface area contributed by atoms with Gasteiger partial charge in [0.2, 0.25) is 5.91 Å². The minimum absolute atomic E-state index is 0.121. The van der Waals surface area contributed by atoms with Gasteiger partial charge in [-0.2, -0.15) is 0 Å². The molecule has 2 N–H and O–H groups in total. The average Bonchev–Trinajstić information content (AvgIpc) is 2.80. The SMILES string of the molecule is Cc1ccccc1NC(=O)Cc1c(C)nc2c(c1C)c(=O)[nH]n2C. The molecule has 0 atom stereocenters. The minimum Gasteiger partial charge on any atom is -0.326 e. The lowest BCUT2D eigenvalue weighted by molar-refractivity contribution is -0.115. The predicted octanol–water partition coefficient (Wildman–Crippen LogP) is 2.37. The van der Waals surface area contributed by atoms with Crippen LogP contribution in [0, 0.1) is 20.8 Å². The number of aryl methyl sites for hydroxylation is 4. The van der Waals surface area contributed by atoms with E-state index < -0.39 is 0 Å². The number of carbonyl (C=O) groups excluding carboxylic acids is 1. The number of amides is 1. The highest BCUT2D eigenvalue weighted by Crippen LogP contribution is 2.21. The highest BCUT2D eigenvalue weighted by atomic mass is 16.1. The van der Waals surface area contributed by atoms with E-state index in [2.05, 4.69) is 15.4 Å². The topological polar surface area (TPSA) is 79.8 Å². The number of aromatic nitrogens is 3. The van der Waals surface area contributed by atoms with Crippen molar-refractivity contribution in [1.82, 2.24) is 14.8 Å². The van der Waals surface area contributed by atoms with Gasteiger partial charge in [-0.1, -0.05) is 18.2 Å². The van der Waals surface area contributed by atoms with Crippen LogP contribution >= 0.6 is 0 Å². The zero-order chi connectivity index (χ0) is 17.4. The number of hydrogen-bond acceptors (Lipinski definition) is 3. The van der Waals surface area contributed by atoms with Crippen molar-refractivity contribution < 1.29 is 4.79 Å². The summed E-state index contributed by atoms with van der Waals surface area (Å²) in [6.07, 6.45) is 0.184. The van der Waals surface area contributed by atoms with E-state index >= 15 is 0 Å². The maximum Gasteiger partial charge on any atom is 0.273 e. The summed E-state index contributed by atoms with van der Waals surface area (Å²) < 4.78 is 1.61. The number of nitrogens with one attached hydrogen (secondary N) is 2. The molecule has 0 aliphatic heterocycles. The van der Waals surface area contributed by atoms with Crippen molar-refractivity contribution in [2.75, 3.05) is 5.32 Å². The molecule has 0 saturated carbocycles. The molecule has 1 aromatic carbocycles. The zero-order valence-corrected chi connectivity index (χ0v) is 14.2. The summed E-state index contributed by atoms with van der Waals surface area (Å²) in [7, 11) is 1.75. The summed E-state index contributed by atoms with van der Waals surface area (Å²) in [5.74, 6) is -0.121. The van der Waals surface area contributed by atoms with E-state index in [1.807, 2.05) is 45.0 Å². The van der Waals surface area contributed by atoms with E-state index in [9.17, 15) is 9.59 Å². The van der Waals surface area contributed by atoms with Crippen molar-refractivity contribution in [3.05, 3.63) is 57.0 Å². The predicted molar refractivity (Wildman–Crippen MR) is 94.3 cm³/mol. The van der Waals surface area contributed by atoms with E-state index in [1.165, 1.54) is 0 Å². The molecular weight excluding hydrogens is 304 g/mol. The fourth-order valence-electron chi connectivity index (χ4n) is 2.98. The second-order valence-corrected chi connectivity index (χ2v) is 6.04. The number of aromatic amines is 1. The van der Waals surface area contributed by atoms with Crippen LogP contribution in [0.1, 0.15) is 22.4 Å². The van der Waals surface area contributed by atoms with Gasteiger partial charge in [-0.3, -0.25) is 19.4 Å². The molecule has 6 heteroatoms. The Bertz CT molecular complexity index is 998. The lowest BCUT2D eigenvalue weighted by Crippen LogP contribution is -2.17. The third-order valence-corrected chi connectivity index (χ3v) is 4.33. The third-order valence-electron chi connectivity index (χ3n) is 4.33. The van der Waals surface area contributed by atoms with Gasteiger partial charge in [0.25, 0.3) is 5.56 Å². The van der Waals surface area contributed by atoms with Gasteiger partial charge < -0.3 is 5.32 Å². The number of pyridine rings is 1. The summed E-state index contributed by atoms with van der Waals surface area (Å²) in [4.78, 5) is 29.0. The summed E-state index contributed by atoms with van der Waals surface area (Å²) in [5.41, 5.74) is 4.59. The van der Waals surface area contributed by atoms with Crippen molar-refractivity contribution in [3.63, 3.8) is 0 Å².